The Morgan fingerprint density at radius 1 is 1.04 bits per heavy atom. The van der Waals surface area contributed by atoms with Gasteiger partial charge in [0.15, 0.2) is 15.8 Å². The van der Waals surface area contributed by atoms with Crippen molar-refractivity contribution in [3.63, 3.8) is 0 Å². The second kappa shape index (κ2) is 12.8. The first-order chi connectivity index (χ1) is 13.0. The second-order valence-corrected chi connectivity index (χ2v) is 8.66. The van der Waals surface area contributed by atoms with E-state index in [4.69, 9.17) is 0 Å². The normalized spacial score (nSPS) is 12.7. The van der Waals surface area contributed by atoms with Crippen LogP contribution in [0.15, 0.2) is 70.6 Å². The Balaban J connectivity index is 0.00000392. The summed E-state index contributed by atoms with van der Waals surface area (Å²) in [4.78, 5) is 4.60. The highest BCUT2D eigenvalue weighted by atomic mass is 127. The van der Waals surface area contributed by atoms with Gasteiger partial charge >= 0.3 is 0 Å². The van der Waals surface area contributed by atoms with Crippen LogP contribution in [0, 0.1) is 0 Å². The summed E-state index contributed by atoms with van der Waals surface area (Å²) >= 11 is 0. The minimum atomic E-state index is -3.23. The number of aryl methyl sites for hydroxylation is 1. The summed E-state index contributed by atoms with van der Waals surface area (Å²) < 4.78 is 24.5. The Hall–Kier alpha value is -1.61. The van der Waals surface area contributed by atoms with Crippen LogP contribution in [-0.2, 0) is 16.3 Å². The SMILES string of the molecule is CN=C(NCCCS(=O)(=O)c1ccccc1)NC(C)CCc1ccccc1.I. The molecule has 0 aliphatic carbocycles. The standard InChI is InChI=1S/C21H29N3O2S.HI/c1-18(14-15-19-10-5-3-6-11-19)24-21(22-2)23-16-9-17-27(25,26)20-12-7-4-8-13-20;/h3-8,10-13,18H,9,14-17H2,1-2H3,(H2,22,23,24);1H. The molecule has 0 bridgehead atoms. The summed E-state index contributed by atoms with van der Waals surface area (Å²) in [5.74, 6) is 0.817. The molecule has 2 aromatic carbocycles. The maximum Gasteiger partial charge on any atom is 0.191 e. The zero-order valence-electron chi connectivity index (χ0n) is 16.5. The van der Waals surface area contributed by atoms with Crippen molar-refractivity contribution in [1.29, 1.82) is 0 Å². The van der Waals surface area contributed by atoms with Crippen LogP contribution in [0.4, 0.5) is 0 Å². The number of hydrogen-bond acceptors (Lipinski definition) is 3. The zero-order chi connectivity index (χ0) is 19.5. The van der Waals surface area contributed by atoms with Gasteiger partial charge < -0.3 is 10.6 Å². The van der Waals surface area contributed by atoms with E-state index < -0.39 is 9.84 Å². The fourth-order valence-electron chi connectivity index (χ4n) is 2.74. The van der Waals surface area contributed by atoms with Crippen molar-refractivity contribution in [2.45, 2.75) is 37.1 Å². The molecule has 5 nitrogen and oxygen atoms in total. The van der Waals surface area contributed by atoms with E-state index >= 15 is 0 Å². The number of hydrogen-bond donors (Lipinski definition) is 2. The molecule has 0 heterocycles. The Morgan fingerprint density at radius 2 is 1.64 bits per heavy atom. The molecule has 7 heteroatoms. The molecule has 0 aliphatic heterocycles. The minimum absolute atomic E-state index is 0. The molecule has 0 fully saturated rings. The van der Waals surface area contributed by atoms with Gasteiger partial charge in [0.25, 0.3) is 0 Å². The van der Waals surface area contributed by atoms with Crippen molar-refractivity contribution in [1.82, 2.24) is 10.6 Å². The highest BCUT2D eigenvalue weighted by Gasteiger charge is 2.13. The van der Waals surface area contributed by atoms with Crippen molar-refractivity contribution in [2.75, 3.05) is 19.3 Å². The van der Waals surface area contributed by atoms with E-state index in [0.29, 0.717) is 23.8 Å². The zero-order valence-corrected chi connectivity index (χ0v) is 19.6. The van der Waals surface area contributed by atoms with Gasteiger partial charge in [-0.25, -0.2) is 8.42 Å². The molecule has 2 N–H and O–H groups in total. The van der Waals surface area contributed by atoms with Crippen molar-refractivity contribution in [3.8, 4) is 0 Å². The third-order valence-corrected chi connectivity index (χ3v) is 6.12. The monoisotopic (exact) mass is 515 g/mol. The molecule has 28 heavy (non-hydrogen) atoms. The van der Waals surface area contributed by atoms with Crippen LogP contribution >= 0.6 is 24.0 Å². The molecule has 0 saturated heterocycles. The number of benzene rings is 2. The van der Waals surface area contributed by atoms with Gasteiger partial charge in [0.05, 0.1) is 10.6 Å². The van der Waals surface area contributed by atoms with Crippen LogP contribution in [0.2, 0.25) is 0 Å². The van der Waals surface area contributed by atoms with Crippen LogP contribution in [0.5, 0.6) is 0 Å². The number of aliphatic imine (C=N–C) groups is 1. The first kappa shape index (κ1) is 24.4. The van der Waals surface area contributed by atoms with Crippen molar-refractivity contribution in [2.24, 2.45) is 4.99 Å². The van der Waals surface area contributed by atoms with E-state index in [1.165, 1.54) is 5.56 Å². The number of nitrogens with one attached hydrogen (secondary N) is 2. The Morgan fingerprint density at radius 3 is 2.25 bits per heavy atom. The predicted molar refractivity (Wildman–Crippen MR) is 127 cm³/mol. The predicted octanol–water partition coefficient (Wildman–Crippen LogP) is 3.65. The van der Waals surface area contributed by atoms with Gasteiger partial charge in [0.1, 0.15) is 0 Å². The molecule has 0 saturated carbocycles. The lowest BCUT2D eigenvalue weighted by Crippen LogP contribution is -2.43. The molecular formula is C21H30IN3O2S. The summed E-state index contributed by atoms with van der Waals surface area (Å²) in [7, 11) is -1.51. The molecule has 0 aromatic heterocycles. The smallest absolute Gasteiger partial charge is 0.191 e. The molecule has 1 atom stereocenters. The topological polar surface area (TPSA) is 70.6 Å². The second-order valence-electron chi connectivity index (χ2n) is 6.55. The fraction of sp³-hybridized carbons (Fsp3) is 0.381. The molecule has 2 aromatic rings. The van der Waals surface area contributed by atoms with Gasteiger partial charge in [-0.3, -0.25) is 4.99 Å². The minimum Gasteiger partial charge on any atom is -0.356 e. The van der Waals surface area contributed by atoms with E-state index in [9.17, 15) is 8.42 Å². The average Bonchev–Trinajstić information content (AvgIpc) is 2.70. The Labute approximate surface area is 186 Å². The molecule has 0 aliphatic rings. The van der Waals surface area contributed by atoms with Crippen LogP contribution in [-0.4, -0.2) is 39.8 Å². The molecule has 154 valence electrons. The summed E-state index contributed by atoms with van der Waals surface area (Å²) in [6.45, 7) is 2.67. The van der Waals surface area contributed by atoms with E-state index in [-0.39, 0.29) is 35.8 Å². The van der Waals surface area contributed by atoms with E-state index in [1.54, 1.807) is 31.3 Å². The number of nitrogens with zero attached hydrogens (tertiary/aromatic N) is 1. The summed E-state index contributed by atoms with van der Waals surface area (Å²) in [5.41, 5.74) is 1.32. The number of guanidine groups is 1. The van der Waals surface area contributed by atoms with Crippen LogP contribution in [0.1, 0.15) is 25.3 Å². The molecule has 1 unspecified atom stereocenters. The Kier molecular flexibility index (Phi) is 11.1. The van der Waals surface area contributed by atoms with E-state index in [0.717, 1.165) is 12.8 Å². The molecule has 0 amide bonds. The molecule has 0 radical (unpaired) electrons. The lowest BCUT2D eigenvalue weighted by Gasteiger charge is -2.18. The van der Waals surface area contributed by atoms with Crippen LogP contribution in [0.3, 0.4) is 0 Å². The van der Waals surface area contributed by atoms with Crippen LogP contribution < -0.4 is 10.6 Å². The summed E-state index contributed by atoms with van der Waals surface area (Å²) in [5, 5.41) is 6.55. The average molecular weight is 515 g/mol. The van der Waals surface area contributed by atoms with Crippen molar-refractivity contribution in [3.05, 3.63) is 66.2 Å². The van der Waals surface area contributed by atoms with Gasteiger partial charge in [0.2, 0.25) is 0 Å². The number of sulfone groups is 1. The third-order valence-electron chi connectivity index (χ3n) is 4.30. The quantitative estimate of drug-likeness (QED) is 0.232. The van der Waals surface area contributed by atoms with Gasteiger partial charge in [-0.15, -0.1) is 24.0 Å². The van der Waals surface area contributed by atoms with Gasteiger partial charge in [-0.05, 0) is 43.9 Å². The summed E-state index contributed by atoms with van der Waals surface area (Å²) in [6, 6.07) is 19.2. The molecule has 0 spiro atoms. The lowest BCUT2D eigenvalue weighted by molar-refractivity contribution is 0.586. The van der Waals surface area contributed by atoms with E-state index in [2.05, 4.69) is 46.8 Å². The first-order valence-electron chi connectivity index (χ1n) is 9.30. The third kappa shape index (κ3) is 8.60. The molecule has 2 rings (SSSR count). The first-order valence-corrected chi connectivity index (χ1v) is 11.0. The fourth-order valence-corrected chi connectivity index (χ4v) is 4.07. The lowest BCUT2D eigenvalue weighted by atomic mass is 10.1. The van der Waals surface area contributed by atoms with Crippen molar-refractivity contribution >= 4 is 39.8 Å². The highest BCUT2D eigenvalue weighted by molar-refractivity contribution is 14.0. The molecular weight excluding hydrogens is 485 g/mol. The number of halogens is 1. The van der Waals surface area contributed by atoms with Gasteiger partial charge in [-0.1, -0.05) is 48.5 Å². The van der Waals surface area contributed by atoms with Gasteiger partial charge in [-0.2, -0.15) is 0 Å². The number of rotatable bonds is 9. The van der Waals surface area contributed by atoms with Gasteiger partial charge in [0, 0.05) is 19.6 Å². The summed E-state index contributed by atoms with van der Waals surface area (Å²) in [6.07, 6.45) is 2.52. The Bertz CT molecular complexity index is 812. The highest BCUT2D eigenvalue weighted by Crippen LogP contribution is 2.10. The van der Waals surface area contributed by atoms with Crippen molar-refractivity contribution < 1.29 is 8.42 Å². The van der Waals surface area contributed by atoms with E-state index in [1.807, 2.05) is 12.1 Å². The maximum atomic E-state index is 12.3. The van der Waals surface area contributed by atoms with Crippen LogP contribution in [0.25, 0.3) is 0 Å². The maximum absolute atomic E-state index is 12.3. The largest absolute Gasteiger partial charge is 0.356 e.